The third kappa shape index (κ3) is 4.12. The van der Waals surface area contributed by atoms with Gasteiger partial charge in [0.2, 0.25) is 0 Å². The van der Waals surface area contributed by atoms with Crippen LogP contribution in [0, 0.1) is 0 Å². The fraction of sp³-hybridized carbons (Fsp3) is 0.542. The third-order valence-corrected chi connectivity index (χ3v) is 6.85. The molecule has 3 heterocycles. The average Bonchev–Trinajstić information content (AvgIpc) is 3.45. The predicted octanol–water partition coefficient (Wildman–Crippen LogP) is 4.10. The normalized spacial score (nSPS) is 24.2. The molecule has 3 aliphatic rings. The van der Waals surface area contributed by atoms with Crippen molar-refractivity contribution in [3.63, 3.8) is 0 Å². The Balaban J connectivity index is 1.24. The molecule has 5 heteroatoms. The maximum atomic E-state index is 12.6. The van der Waals surface area contributed by atoms with E-state index < -0.39 is 0 Å². The molecule has 3 fully saturated rings. The Bertz CT molecular complexity index is 808. The standard InChI is InChI=1S/C24H30N2O3/c27-23(22-7-4-15-28-22)25-13-11-24(12-14-25)17-21(10-16-29-24)26(20-8-9-20)18-19-5-2-1-3-6-19/h1-7,15,20-21H,8-14,16-18H2. The number of hydrogen-bond donors (Lipinski definition) is 0. The summed E-state index contributed by atoms with van der Waals surface area (Å²) in [5.41, 5.74) is 1.32. The van der Waals surface area contributed by atoms with Crippen LogP contribution in [0.5, 0.6) is 0 Å². The van der Waals surface area contributed by atoms with Crippen molar-refractivity contribution in [3.05, 3.63) is 60.1 Å². The highest BCUT2D eigenvalue weighted by Gasteiger charge is 2.45. The summed E-state index contributed by atoms with van der Waals surface area (Å²) in [6.07, 6.45) is 8.23. The van der Waals surface area contributed by atoms with E-state index in [1.54, 1.807) is 18.4 Å². The molecule has 0 N–H and O–H groups in total. The van der Waals surface area contributed by atoms with E-state index in [9.17, 15) is 4.79 Å². The molecule has 2 saturated heterocycles. The van der Waals surface area contributed by atoms with Gasteiger partial charge in [0.1, 0.15) is 0 Å². The van der Waals surface area contributed by atoms with Gasteiger partial charge in [-0.05, 0) is 56.2 Å². The fourth-order valence-electron chi connectivity index (χ4n) is 5.06. The Labute approximate surface area is 172 Å². The van der Waals surface area contributed by atoms with E-state index >= 15 is 0 Å². The Hall–Kier alpha value is -2.11. The van der Waals surface area contributed by atoms with Gasteiger partial charge in [-0.25, -0.2) is 0 Å². The molecular formula is C24H30N2O3. The molecule has 2 aromatic rings. The van der Waals surface area contributed by atoms with Gasteiger partial charge in [0, 0.05) is 38.3 Å². The molecule has 29 heavy (non-hydrogen) atoms. The minimum absolute atomic E-state index is 0.000828. The first-order chi connectivity index (χ1) is 14.2. The summed E-state index contributed by atoms with van der Waals surface area (Å²) in [5, 5.41) is 0. The maximum Gasteiger partial charge on any atom is 0.289 e. The lowest BCUT2D eigenvalue weighted by Gasteiger charge is -2.48. The minimum Gasteiger partial charge on any atom is -0.459 e. The number of benzene rings is 1. The van der Waals surface area contributed by atoms with E-state index in [4.69, 9.17) is 9.15 Å². The lowest BCUT2D eigenvalue weighted by Crippen LogP contribution is -2.54. The molecule has 1 aromatic carbocycles. The second-order valence-corrected chi connectivity index (χ2v) is 8.84. The summed E-state index contributed by atoms with van der Waals surface area (Å²) in [6.45, 7) is 3.35. The van der Waals surface area contributed by atoms with Gasteiger partial charge in [-0.3, -0.25) is 9.69 Å². The van der Waals surface area contributed by atoms with Crippen LogP contribution in [0.3, 0.4) is 0 Å². The van der Waals surface area contributed by atoms with Crippen molar-refractivity contribution in [2.45, 2.75) is 62.8 Å². The summed E-state index contributed by atoms with van der Waals surface area (Å²) in [4.78, 5) is 17.2. The van der Waals surface area contributed by atoms with Gasteiger partial charge < -0.3 is 14.1 Å². The number of furan rings is 1. The second kappa shape index (κ2) is 7.96. The second-order valence-electron chi connectivity index (χ2n) is 8.84. The summed E-state index contributed by atoms with van der Waals surface area (Å²) < 4.78 is 11.7. The molecule has 1 unspecified atom stereocenters. The van der Waals surface area contributed by atoms with Crippen molar-refractivity contribution in [2.75, 3.05) is 19.7 Å². The summed E-state index contributed by atoms with van der Waals surface area (Å²) >= 11 is 0. The largest absolute Gasteiger partial charge is 0.459 e. The number of carbonyl (C=O) groups excluding carboxylic acids is 1. The highest BCUT2D eigenvalue weighted by molar-refractivity contribution is 5.91. The van der Waals surface area contributed by atoms with Gasteiger partial charge in [0.25, 0.3) is 5.91 Å². The molecule has 1 amide bonds. The predicted molar refractivity (Wildman–Crippen MR) is 111 cm³/mol. The van der Waals surface area contributed by atoms with Crippen LogP contribution in [0.15, 0.2) is 53.1 Å². The topological polar surface area (TPSA) is 45.9 Å². The number of hydrogen-bond acceptors (Lipinski definition) is 4. The molecule has 1 atom stereocenters. The zero-order valence-electron chi connectivity index (χ0n) is 17.0. The van der Waals surface area contributed by atoms with E-state index in [1.807, 2.05) is 4.90 Å². The molecule has 0 bridgehead atoms. The SMILES string of the molecule is O=C(c1ccco1)N1CCC2(CC1)CC(N(Cc1ccccc1)C1CC1)CCO2. The van der Waals surface area contributed by atoms with Crippen LogP contribution in [0.1, 0.15) is 54.6 Å². The van der Waals surface area contributed by atoms with Gasteiger partial charge in [-0.15, -0.1) is 0 Å². The molecule has 1 saturated carbocycles. The van der Waals surface area contributed by atoms with Crippen molar-refractivity contribution < 1.29 is 13.9 Å². The zero-order valence-corrected chi connectivity index (χ0v) is 17.0. The Kier molecular flexibility index (Phi) is 5.18. The van der Waals surface area contributed by atoms with Crippen molar-refractivity contribution in [2.24, 2.45) is 0 Å². The van der Waals surface area contributed by atoms with Crippen LogP contribution in [0.4, 0.5) is 0 Å². The molecule has 1 aliphatic carbocycles. The van der Waals surface area contributed by atoms with Crippen molar-refractivity contribution >= 4 is 5.91 Å². The zero-order chi connectivity index (χ0) is 19.7. The smallest absolute Gasteiger partial charge is 0.289 e. The van der Waals surface area contributed by atoms with Gasteiger partial charge in [-0.1, -0.05) is 30.3 Å². The Morgan fingerprint density at radius 3 is 2.52 bits per heavy atom. The van der Waals surface area contributed by atoms with Crippen molar-refractivity contribution in [1.29, 1.82) is 0 Å². The molecule has 5 nitrogen and oxygen atoms in total. The van der Waals surface area contributed by atoms with Crippen LogP contribution in [0.2, 0.25) is 0 Å². The average molecular weight is 395 g/mol. The van der Waals surface area contributed by atoms with Crippen LogP contribution in [0.25, 0.3) is 0 Å². The minimum atomic E-state index is -0.0767. The monoisotopic (exact) mass is 394 g/mol. The first-order valence-electron chi connectivity index (χ1n) is 11.0. The Morgan fingerprint density at radius 2 is 1.83 bits per heavy atom. The molecule has 1 spiro atoms. The fourth-order valence-corrected chi connectivity index (χ4v) is 5.06. The van der Waals surface area contributed by atoms with Gasteiger partial charge in [0.15, 0.2) is 5.76 Å². The number of ether oxygens (including phenoxy) is 1. The lowest BCUT2D eigenvalue weighted by atomic mass is 9.81. The van der Waals surface area contributed by atoms with Gasteiger partial charge in [0.05, 0.1) is 11.9 Å². The summed E-state index contributed by atoms with van der Waals surface area (Å²) in [6, 6.07) is 15.7. The van der Waals surface area contributed by atoms with Crippen molar-refractivity contribution in [1.82, 2.24) is 9.80 Å². The molecule has 5 rings (SSSR count). The number of piperidine rings is 1. The highest BCUT2D eigenvalue weighted by Crippen LogP contribution is 2.40. The first kappa shape index (κ1) is 18.9. The van der Waals surface area contributed by atoms with Crippen LogP contribution in [-0.4, -0.2) is 53.1 Å². The van der Waals surface area contributed by atoms with E-state index in [0.717, 1.165) is 58.0 Å². The number of amides is 1. The van der Waals surface area contributed by atoms with Crippen LogP contribution in [-0.2, 0) is 11.3 Å². The molecular weight excluding hydrogens is 364 g/mol. The quantitative estimate of drug-likeness (QED) is 0.766. The summed E-state index contributed by atoms with van der Waals surface area (Å²) in [5.74, 6) is 0.437. The highest BCUT2D eigenvalue weighted by atomic mass is 16.5. The number of likely N-dealkylation sites (tertiary alicyclic amines) is 1. The molecule has 154 valence electrons. The van der Waals surface area contributed by atoms with E-state index in [1.165, 1.54) is 18.4 Å². The van der Waals surface area contributed by atoms with Crippen molar-refractivity contribution in [3.8, 4) is 0 Å². The third-order valence-electron chi connectivity index (χ3n) is 6.85. The van der Waals surface area contributed by atoms with Gasteiger partial charge >= 0.3 is 0 Å². The molecule has 2 aliphatic heterocycles. The summed E-state index contributed by atoms with van der Waals surface area (Å²) in [7, 11) is 0. The van der Waals surface area contributed by atoms with Crippen LogP contribution < -0.4 is 0 Å². The Morgan fingerprint density at radius 1 is 1.03 bits per heavy atom. The number of rotatable bonds is 5. The van der Waals surface area contributed by atoms with E-state index in [2.05, 4.69) is 35.2 Å². The number of carbonyl (C=O) groups is 1. The molecule has 1 aromatic heterocycles. The molecule has 0 radical (unpaired) electrons. The van der Waals surface area contributed by atoms with Crippen LogP contribution >= 0.6 is 0 Å². The first-order valence-corrected chi connectivity index (χ1v) is 11.0. The maximum absolute atomic E-state index is 12.6. The van der Waals surface area contributed by atoms with Gasteiger partial charge in [-0.2, -0.15) is 0 Å². The van der Waals surface area contributed by atoms with E-state index in [-0.39, 0.29) is 11.5 Å². The number of nitrogens with zero attached hydrogens (tertiary/aromatic N) is 2. The lowest BCUT2D eigenvalue weighted by molar-refractivity contribution is -0.131. The van der Waals surface area contributed by atoms with E-state index in [0.29, 0.717) is 11.8 Å².